The maximum Gasteiger partial charge on any atom is 0.332 e. The monoisotopic (exact) mass is 222 g/mol. The lowest BCUT2D eigenvalue weighted by atomic mass is 10.6. The first kappa shape index (κ1) is 9.81. The van der Waals surface area contributed by atoms with Gasteiger partial charge in [-0.3, -0.25) is 0 Å². The zero-order valence-corrected chi connectivity index (χ0v) is 7.11. The van der Waals surface area contributed by atoms with Crippen molar-refractivity contribution in [2.45, 2.75) is 11.5 Å². The fourth-order valence-corrected chi connectivity index (χ4v) is 2.19. The zero-order valence-electron chi connectivity index (χ0n) is 5.48. The van der Waals surface area contributed by atoms with Crippen LogP contribution in [0.15, 0.2) is 0 Å². The minimum atomic E-state index is -4.90. The molecule has 0 spiro atoms. The summed E-state index contributed by atoms with van der Waals surface area (Å²) < 4.78 is 67.6. The minimum Gasteiger partial charge on any atom is -0.349 e. The van der Waals surface area contributed by atoms with Gasteiger partial charge in [-0.1, -0.05) is 0 Å². The third-order valence-corrected chi connectivity index (χ3v) is 2.87. The Morgan fingerprint density at radius 2 is 1.67 bits per heavy atom. The molecule has 9 heteroatoms. The Morgan fingerprint density at radius 1 is 1.17 bits per heavy atom. The lowest BCUT2D eigenvalue weighted by molar-refractivity contribution is 0.397. The molecule has 0 aromatic rings. The summed E-state index contributed by atoms with van der Waals surface area (Å²) in [4.78, 5) is 0. The molecule has 0 aromatic carbocycles. The van der Waals surface area contributed by atoms with Crippen molar-refractivity contribution in [2.24, 2.45) is 0 Å². The first-order valence-electron chi connectivity index (χ1n) is 2.71. The van der Waals surface area contributed by atoms with Crippen LogP contribution in [0.25, 0.3) is 0 Å². The Morgan fingerprint density at radius 3 is 1.92 bits per heavy atom. The van der Waals surface area contributed by atoms with E-state index in [9.17, 15) is 24.6 Å². The van der Waals surface area contributed by atoms with Gasteiger partial charge in [0.2, 0.25) is 5.44 Å². The molecule has 0 aromatic heterocycles. The molecule has 2 unspecified atom stereocenters. The normalized spacial score (nSPS) is 30.2. The van der Waals surface area contributed by atoms with Gasteiger partial charge in [-0.05, 0) is 0 Å². The number of hydrogen-bond donors (Lipinski definition) is 0. The summed E-state index contributed by atoms with van der Waals surface area (Å²) in [5.74, 6) is -1.12. The molecule has 0 bridgehead atoms. The van der Waals surface area contributed by atoms with Gasteiger partial charge in [-0.2, -0.15) is 16.8 Å². The van der Waals surface area contributed by atoms with Gasteiger partial charge in [0.15, 0.2) is 0 Å². The number of epoxide rings is 1. The Labute approximate surface area is 67.7 Å². The third-order valence-electron chi connectivity index (χ3n) is 1.18. The van der Waals surface area contributed by atoms with Crippen LogP contribution in [0, 0.1) is 0 Å². The van der Waals surface area contributed by atoms with E-state index in [4.69, 9.17) is 0 Å². The molecule has 1 rings (SSSR count). The SMILES string of the molecule is O=S(=O)(F)CC1OC1S(=O)(=O)F. The van der Waals surface area contributed by atoms with Crippen molar-refractivity contribution in [1.29, 1.82) is 0 Å². The largest absolute Gasteiger partial charge is 0.349 e. The molecule has 12 heavy (non-hydrogen) atoms. The fraction of sp³-hybridized carbons (Fsp3) is 1.00. The number of halogens is 2. The highest BCUT2D eigenvalue weighted by Crippen LogP contribution is 2.30. The molecular formula is C3H4F2O5S2. The van der Waals surface area contributed by atoms with E-state index in [0.29, 0.717) is 0 Å². The Balaban J connectivity index is 2.57. The average molecular weight is 222 g/mol. The maximum absolute atomic E-state index is 11.9. The highest BCUT2D eigenvalue weighted by atomic mass is 32.3. The molecule has 1 fully saturated rings. The summed E-state index contributed by atoms with van der Waals surface area (Å²) in [6.07, 6.45) is -1.41. The van der Waals surface area contributed by atoms with Gasteiger partial charge in [0, 0.05) is 0 Å². The topological polar surface area (TPSA) is 80.8 Å². The molecule has 2 atom stereocenters. The first-order valence-corrected chi connectivity index (χ1v) is 5.71. The van der Waals surface area contributed by atoms with Crippen LogP contribution in [0.3, 0.4) is 0 Å². The number of ether oxygens (including phenoxy) is 1. The molecular weight excluding hydrogens is 218 g/mol. The summed E-state index contributed by atoms with van der Waals surface area (Å²) >= 11 is 0. The van der Waals surface area contributed by atoms with Gasteiger partial charge >= 0.3 is 20.4 Å². The average Bonchev–Trinajstić information content (AvgIpc) is 2.37. The molecule has 72 valence electrons. The van der Waals surface area contributed by atoms with Crippen LogP contribution in [0.2, 0.25) is 0 Å². The highest BCUT2D eigenvalue weighted by Gasteiger charge is 2.52. The van der Waals surface area contributed by atoms with Crippen molar-refractivity contribution in [2.75, 3.05) is 5.75 Å². The molecule has 1 aliphatic rings. The van der Waals surface area contributed by atoms with Gasteiger partial charge in [-0.15, -0.1) is 7.77 Å². The Kier molecular flexibility index (Phi) is 2.13. The predicted molar refractivity (Wildman–Crippen MR) is 33.6 cm³/mol. The van der Waals surface area contributed by atoms with Crippen molar-refractivity contribution in [3.05, 3.63) is 0 Å². The smallest absolute Gasteiger partial charge is 0.332 e. The summed E-state index contributed by atoms with van der Waals surface area (Å²) in [6.45, 7) is 0. The van der Waals surface area contributed by atoms with E-state index in [0.717, 1.165) is 0 Å². The third kappa shape index (κ3) is 2.64. The second kappa shape index (κ2) is 2.60. The van der Waals surface area contributed by atoms with Crippen LogP contribution in [0.4, 0.5) is 7.77 Å². The number of rotatable bonds is 3. The van der Waals surface area contributed by atoms with Crippen molar-refractivity contribution in [3.63, 3.8) is 0 Å². The standard InChI is InChI=1S/C3H4F2O5S2/c4-11(6,7)1-2-3(10-2)12(5,8)9/h2-3H,1H2. The van der Waals surface area contributed by atoms with Gasteiger partial charge in [0.05, 0.1) is 0 Å². The van der Waals surface area contributed by atoms with E-state index in [-0.39, 0.29) is 0 Å². The lowest BCUT2D eigenvalue weighted by Gasteiger charge is -1.85. The summed E-state index contributed by atoms with van der Waals surface area (Å²) in [5, 5.41) is 0. The van der Waals surface area contributed by atoms with Crippen LogP contribution in [-0.4, -0.2) is 34.1 Å². The molecule has 0 N–H and O–H groups in total. The fourth-order valence-electron chi connectivity index (χ4n) is 0.689. The van der Waals surface area contributed by atoms with Crippen molar-refractivity contribution in [1.82, 2.24) is 0 Å². The Hall–Kier alpha value is -0.280. The van der Waals surface area contributed by atoms with E-state index >= 15 is 0 Å². The molecule has 1 aliphatic heterocycles. The minimum absolute atomic E-state index is 1.12. The summed E-state index contributed by atoms with van der Waals surface area (Å²) in [6, 6.07) is 0. The van der Waals surface area contributed by atoms with E-state index in [1.807, 2.05) is 0 Å². The number of hydrogen-bond acceptors (Lipinski definition) is 5. The van der Waals surface area contributed by atoms with E-state index in [1.165, 1.54) is 0 Å². The van der Waals surface area contributed by atoms with Crippen molar-refractivity contribution < 1.29 is 29.3 Å². The molecule has 0 radical (unpaired) electrons. The van der Waals surface area contributed by atoms with Crippen LogP contribution in [-0.2, 0) is 25.2 Å². The van der Waals surface area contributed by atoms with Crippen molar-refractivity contribution >= 4 is 20.4 Å². The van der Waals surface area contributed by atoms with Gasteiger partial charge in [0.1, 0.15) is 11.9 Å². The van der Waals surface area contributed by atoms with E-state index in [2.05, 4.69) is 4.74 Å². The van der Waals surface area contributed by atoms with Crippen LogP contribution in [0.1, 0.15) is 0 Å². The second-order valence-electron chi connectivity index (χ2n) is 2.22. The van der Waals surface area contributed by atoms with Crippen LogP contribution >= 0.6 is 0 Å². The second-order valence-corrected chi connectivity index (χ2v) is 5.05. The first-order chi connectivity index (χ1) is 5.20. The molecule has 0 saturated carbocycles. The molecule has 1 heterocycles. The predicted octanol–water partition coefficient (Wildman–Crippen LogP) is -0.690. The molecule has 1 saturated heterocycles. The van der Waals surface area contributed by atoms with Crippen LogP contribution in [0.5, 0.6) is 0 Å². The van der Waals surface area contributed by atoms with Gasteiger partial charge in [0.25, 0.3) is 0 Å². The zero-order chi connectivity index (χ0) is 9.57. The highest BCUT2D eigenvalue weighted by molar-refractivity contribution is 7.87. The van der Waals surface area contributed by atoms with Gasteiger partial charge < -0.3 is 4.74 Å². The van der Waals surface area contributed by atoms with E-state index in [1.54, 1.807) is 0 Å². The molecule has 0 aliphatic carbocycles. The quantitative estimate of drug-likeness (QED) is 0.466. The summed E-state index contributed by atoms with van der Waals surface area (Å²) in [5.41, 5.74) is -1.82. The van der Waals surface area contributed by atoms with Crippen molar-refractivity contribution in [3.8, 4) is 0 Å². The molecule has 0 amide bonds. The molecule has 5 nitrogen and oxygen atoms in total. The van der Waals surface area contributed by atoms with Crippen LogP contribution < -0.4 is 0 Å². The van der Waals surface area contributed by atoms with E-state index < -0.39 is 37.7 Å². The Bertz CT molecular complexity index is 369. The maximum atomic E-state index is 11.9. The summed E-state index contributed by atoms with van der Waals surface area (Å²) in [7, 11) is -9.71. The lowest BCUT2D eigenvalue weighted by Crippen LogP contribution is -2.11. The van der Waals surface area contributed by atoms with Gasteiger partial charge in [-0.25, -0.2) is 0 Å².